The molecule has 0 saturated heterocycles. The lowest BCUT2D eigenvalue weighted by Gasteiger charge is -2.07. The lowest BCUT2D eigenvalue weighted by Crippen LogP contribution is -2.19. The monoisotopic (exact) mass is 184 g/mol. The summed E-state index contributed by atoms with van der Waals surface area (Å²) in [5.41, 5.74) is 0. The average Bonchev–Trinajstić information content (AvgIpc) is 2.10. The third-order valence-electron chi connectivity index (χ3n) is 1.79. The van der Waals surface area contributed by atoms with E-state index in [9.17, 15) is 0 Å². The van der Waals surface area contributed by atoms with Crippen molar-refractivity contribution in [3.63, 3.8) is 0 Å². The summed E-state index contributed by atoms with van der Waals surface area (Å²) < 4.78 is 2.13. The highest BCUT2D eigenvalue weighted by Crippen LogP contribution is 1.84. The number of hydrogen-bond donors (Lipinski definition) is 0. The molecule has 0 aromatic heterocycles. The number of hydrogen-bond acceptors (Lipinski definition) is 2. The van der Waals surface area contributed by atoms with Gasteiger partial charge in [0.25, 0.3) is 0 Å². The van der Waals surface area contributed by atoms with Gasteiger partial charge in [0.15, 0.2) is 0 Å². The van der Waals surface area contributed by atoms with Gasteiger partial charge in [-0.2, -0.15) is 0 Å². The van der Waals surface area contributed by atoms with Crippen LogP contribution < -0.4 is 0 Å². The van der Waals surface area contributed by atoms with Crippen LogP contribution in [0.4, 0.5) is 0 Å². The fourth-order valence-electron chi connectivity index (χ4n) is 1.03. The highest BCUT2D eigenvalue weighted by molar-refractivity contribution is 5.33. The van der Waals surface area contributed by atoms with E-state index in [4.69, 9.17) is 0 Å². The summed E-state index contributed by atoms with van der Waals surface area (Å²) in [5.74, 6) is 0. The van der Waals surface area contributed by atoms with E-state index < -0.39 is 0 Å². The van der Waals surface area contributed by atoms with Gasteiger partial charge in [0, 0.05) is 6.54 Å². The molecule has 0 radical (unpaired) electrons. The molecule has 3 nitrogen and oxygen atoms in total. The molecule has 76 valence electrons. The largest absolute Gasteiger partial charge is 0.309 e. The van der Waals surface area contributed by atoms with Crippen LogP contribution in [0.3, 0.4) is 0 Å². The number of aliphatic imine (C=N–C) groups is 1. The van der Waals surface area contributed by atoms with Crippen LogP contribution in [0.5, 0.6) is 0 Å². The second kappa shape index (κ2) is 7.96. The van der Waals surface area contributed by atoms with Gasteiger partial charge in [0.1, 0.15) is 6.54 Å². The van der Waals surface area contributed by atoms with Gasteiger partial charge in [-0.1, -0.05) is 0 Å². The molecule has 0 aliphatic heterocycles. The molecular formula is C10H22N3+. The van der Waals surface area contributed by atoms with Crippen LogP contribution in [0.1, 0.15) is 20.3 Å². The average molecular weight is 184 g/mol. The van der Waals surface area contributed by atoms with Gasteiger partial charge in [-0.15, -0.1) is 0 Å². The van der Waals surface area contributed by atoms with Crippen LogP contribution in [0, 0.1) is 0 Å². The van der Waals surface area contributed by atoms with Gasteiger partial charge in [0.2, 0.25) is 0 Å². The van der Waals surface area contributed by atoms with Gasteiger partial charge in [-0.25, -0.2) is 4.58 Å². The predicted octanol–water partition coefficient (Wildman–Crippen LogP) is 1.16. The van der Waals surface area contributed by atoms with Gasteiger partial charge in [-0.05, 0) is 39.4 Å². The molecule has 0 bridgehead atoms. The van der Waals surface area contributed by atoms with Crippen LogP contribution in [0.15, 0.2) is 4.99 Å². The molecule has 0 aromatic rings. The number of rotatable bonds is 6. The summed E-state index contributed by atoms with van der Waals surface area (Å²) in [6.07, 6.45) is 1.17. The third kappa shape index (κ3) is 7.69. The topological polar surface area (TPSA) is 18.6 Å². The molecule has 0 rings (SSSR count). The smallest absolute Gasteiger partial charge is 0.306 e. The molecule has 0 atom stereocenters. The molecule has 0 aromatic carbocycles. The molecule has 0 unspecified atom stereocenters. The summed E-state index contributed by atoms with van der Waals surface area (Å²) in [5, 5.41) is 0. The van der Waals surface area contributed by atoms with Crippen molar-refractivity contribution in [3.8, 4) is 0 Å². The Balaban J connectivity index is 3.79. The van der Waals surface area contributed by atoms with E-state index >= 15 is 0 Å². The molecular weight excluding hydrogens is 162 g/mol. The maximum atomic E-state index is 4.10. The van der Waals surface area contributed by atoms with E-state index in [1.807, 2.05) is 6.92 Å². The Bertz CT molecular complexity index is 179. The van der Waals surface area contributed by atoms with Gasteiger partial charge < -0.3 is 4.90 Å². The fraction of sp³-hybridized carbons (Fsp3) is 0.900. The van der Waals surface area contributed by atoms with Gasteiger partial charge in [-0.3, -0.25) is 0 Å². The summed E-state index contributed by atoms with van der Waals surface area (Å²) >= 11 is 0. The van der Waals surface area contributed by atoms with E-state index in [0.29, 0.717) is 0 Å². The first-order valence-electron chi connectivity index (χ1n) is 5.02. The molecule has 0 aliphatic carbocycles. The highest BCUT2D eigenvalue weighted by Gasteiger charge is 1.97. The van der Waals surface area contributed by atoms with Crippen LogP contribution in [-0.4, -0.2) is 55.8 Å². The lowest BCUT2D eigenvalue weighted by atomic mass is 10.4. The van der Waals surface area contributed by atoms with Crippen molar-refractivity contribution in [2.45, 2.75) is 20.3 Å². The normalized spacial score (nSPS) is 9.92. The molecule has 0 saturated carbocycles. The third-order valence-corrected chi connectivity index (χ3v) is 1.79. The first-order valence-corrected chi connectivity index (χ1v) is 5.02. The van der Waals surface area contributed by atoms with E-state index in [1.54, 1.807) is 0 Å². The van der Waals surface area contributed by atoms with Crippen molar-refractivity contribution < 1.29 is 4.58 Å². The Morgan fingerprint density at radius 3 is 2.46 bits per heavy atom. The standard InChI is InChI=1S/C10H22N3/c1-5-11-10-13(6-2)9-7-8-12(3)4/h5-9H2,1-4H3/q+1. The predicted molar refractivity (Wildman–Crippen MR) is 56.8 cm³/mol. The van der Waals surface area contributed by atoms with Crippen LogP contribution >= 0.6 is 0 Å². The quantitative estimate of drug-likeness (QED) is 0.448. The van der Waals surface area contributed by atoms with E-state index in [2.05, 4.69) is 41.5 Å². The zero-order chi connectivity index (χ0) is 10.1. The van der Waals surface area contributed by atoms with E-state index in [1.165, 1.54) is 6.42 Å². The highest BCUT2D eigenvalue weighted by atomic mass is 15.1. The first kappa shape index (κ1) is 12.3. The van der Waals surface area contributed by atoms with E-state index in [-0.39, 0.29) is 0 Å². The van der Waals surface area contributed by atoms with Crippen molar-refractivity contribution in [1.82, 2.24) is 4.90 Å². The molecule has 0 amide bonds. The molecule has 0 spiro atoms. The molecule has 3 heteroatoms. The van der Waals surface area contributed by atoms with Crippen molar-refractivity contribution in [1.29, 1.82) is 0 Å². The summed E-state index contributed by atoms with van der Waals surface area (Å²) in [6, 6.07) is 3.03. The Labute approximate surface area is 81.8 Å². The maximum Gasteiger partial charge on any atom is 0.306 e. The van der Waals surface area contributed by atoms with Crippen LogP contribution in [0.25, 0.3) is 0 Å². The Kier molecular flexibility index (Phi) is 7.56. The maximum absolute atomic E-state index is 4.10. The SMILES string of the molecule is CCN=C=[N+](CC)CCCN(C)C. The molecule has 0 aliphatic rings. The molecule has 0 heterocycles. The first-order chi connectivity index (χ1) is 6.20. The Hall–Kier alpha value is -0.660. The minimum absolute atomic E-state index is 0.824. The summed E-state index contributed by atoms with van der Waals surface area (Å²) in [4.78, 5) is 6.30. The van der Waals surface area contributed by atoms with E-state index in [0.717, 1.165) is 26.2 Å². The minimum atomic E-state index is 0.824. The zero-order valence-electron chi connectivity index (χ0n) is 9.38. The Morgan fingerprint density at radius 2 is 2.00 bits per heavy atom. The number of nitrogens with zero attached hydrogens (tertiary/aromatic N) is 3. The minimum Gasteiger partial charge on any atom is -0.309 e. The molecule has 0 fully saturated rings. The lowest BCUT2D eigenvalue weighted by molar-refractivity contribution is -0.518. The van der Waals surface area contributed by atoms with Crippen molar-refractivity contribution in [2.24, 2.45) is 4.99 Å². The molecule has 13 heavy (non-hydrogen) atoms. The van der Waals surface area contributed by atoms with Crippen molar-refractivity contribution in [3.05, 3.63) is 0 Å². The van der Waals surface area contributed by atoms with Gasteiger partial charge >= 0.3 is 6.01 Å². The second-order valence-corrected chi connectivity index (χ2v) is 3.31. The molecule has 0 N–H and O–H groups in total. The second-order valence-electron chi connectivity index (χ2n) is 3.31. The summed E-state index contributed by atoms with van der Waals surface area (Å²) in [7, 11) is 4.19. The fourth-order valence-corrected chi connectivity index (χ4v) is 1.03. The van der Waals surface area contributed by atoms with Gasteiger partial charge in [0.05, 0.1) is 13.1 Å². The zero-order valence-corrected chi connectivity index (χ0v) is 9.38. The van der Waals surface area contributed by atoms with Crippen molar-refractivity contribution in [2.75, 3.05) is 40.3 Å². The van der Waals surface area contributed by atoms with Crippen molar-refractivity contribution >= 4 is 6.01 Å². The van der Waals surface area contributed by atoms with Crippen LogP contribution in [0.2, 0.25) is 0 Å². The Morgan fingerprint density at radius 1 is 1.31 bits per heavy atom. The summed E-state index contributed by atoms with van der Waals surface area (Å²) in [6.45, 7) is 8.16. The van der Waals surface area contributed by atoms with Crippen LogP contribution in [-0.2, 0) is 0 Å².